The number of sulfonamides is 1. The topological polar surface area (TPSA) is 193 Å². The summed E-state index contributed by atoms with van der Waals surface area (Å²) in [6.07, 6.45) is 4.31. The zero-order valence-corrected chi connectivity index (χ0v) is 25.4. The van der Waals surface area contributed by atoms with Crippen LogP contribution in [0.15, 0.2) is 52.5 Å². The number of benzene rings is 2. The zero-order chi connectivity index (χ0) is 31.7. The Kier molecular flexibility index (Phi) is 11.1. The van der Waals surface area contributed by atoms with E-state index in [1.807, 2.05) is 17.0 Å². The number of methoxy groups -OCH3 is 1. The maximum Gasteiger partial charge on any atom is 0.396 e. The molecular formula is C29H39N7O7S. The van der Waals surface area contributed by atoms with Crippen LogP contribution >= 0.6 is 0 Å². The number of carbonyl (C=O) groups is 4. The van der Waals surface area contributed by atoms with Crippen LogP contribution < -0.4 is 21.2 Å². The van der Waals surface area contributed by atoms with Crippen LogP contribution in [-0.2, 0) is 33.9 Å². The summed E-state index contributed by atoms with van der Waals surface area (Å²) < 4.78 is 34.0. The Bertz CT molecular complexity index is 1500. The molecule has 2 aliphatic rings. The van der Waals surface area contributed by atoms with Crippen LogP contribution in [0.1, 0.15) is 32.1 Å². The second-order valence-electron chi connectivity index (χ2n) is 11.0. The Hall–Kier alpha value is -4.24. The minimum atomic E-state index is -4.22. The second-order valence-corrected chi connectivity index (χ2v) is 12.7. The summed E-state index contributed by atoms with van der Waals surface area (Å²) in [7, 11) is -3.14. The molecule has 15 heteroatoms. The quantitative estimate of drug-likeness (QED) is 0.0584. The molecule has 1 saturated heterocycles. The monoisotopic (exact) mass is 629 g/mol. The van der Waals surface area contributed by atoms with Gasteiger partial charge in [0.1, 0.15) is 12.4 Å². The van der Waals surface area contributed by atoms with Gasteiger partial charge in [-0.05, 0) is 54.5 Å². The molecule has 1 aliphatic carbocycles. The third kappa shape index (κ3) is 8.89. The summed E-state index contributed by atoms with van der Waals surface area (Å²) in [5, 5.41) is 10.4. The highest BCUT2D eigenvalue weighted by atomic mass is 32.2. The van der Waals surface area contributed by atoms with Crippen LogP contribution in [0.3, 0.4) is 0 Å². The van der Waals surface area contributed by atoms with E-state index in [9.17, 15) is 27.6 Å². The smallest absolute Gasteiger partial charge is 0.396 e. The van der Waals surface area contributed by atoms with Gasteiger partial charge >= 0.3 is 11.9 Å². The van der Waals surface area contributed by atoms with Crippen LogP contribution in [0.2, 0.25) is 0 Å². The molecule has 2 aromatic rings. The minimum Gasteiger partial charge on any atom is -0.462 e. The molecule has 1 saturated carbocycles. The molecule has 44 heavy (non-hydrogen) atoms. The number of carbonyl (C=O) groups excluding carboxylic acids is 4. The van der Waals surface area contributed by atoms with Gasteiger partial charge in [-0.25, -0.2) is 13.2 Å². The predicted molar refractivity (Wildman–Crippen MR) is 162 cm³/mol. The van der Waals surface area contributed by atoms with Gasteiger partial charge in [0.05, 0.1) is 18.4 Å². The number of amides is 3. The van der Waals surface area contributed by atoms with Gasteiger partial charge in [-0.1, -0.05) is 30.3 Å². The van der Waals surface area contributed by atoms with Crippen molar-refractivity contribution in [1.82, 2.24) is 25.2 Å². The fourth-order valence-electron chi connectivity index (χ4n) is 5.26. The third-order valence-corrected chi connectivity index (χ3v) is 9.13. The first kappa shape index (κ1) is 32.7. The van der Waals surface area contributed by atoms with Crippen LogP contribution in [0.4, 0.5) is 0 Å². The van der Waals surface area contributed by atoms with Gasteiger partial charge in [-0.3, -0.25) is 14.4 Å². The number of likely N-dealkylation sites (tertiary alicyclic amines) is 1. The van der Waals surface area contributed by atoms with Crippen molar-refractivity contribution in [2.45, 2.75) is 49.1 Å². The largest absolute Gasteiger partial charge is 0.462 e. The maximum absolute atomic E-state index is 13.8. The summed E-state index contributed by atoms with van der Waals surface area (Å²) in [5.74, 6) is 2.30. The van der Waals surface area contributed by atoms with Gasteiger partial charge in [0, 0.05) is 38.8 Å². The van der Waals surface area contributed by atoms with Crippen molar-refractivity contribution in [3.8, 4) is 0 Å². The molecular weight excluding hydrogens is 590 g/mol. The highest BCUT2D eigenvalue weighted by Crippen LogP contribution is 2.28. The number of nitrogens with one attached hydrogen (secondary N) is 3. The summed E-state index contributed by atoms with van der Waals surface area (Å²) in [5.41, 5.74) is 0. The number of hydrogen-bond donors (Lipinski definition) is 4. The average Bonchev–Trinajstić information content (AvgIpc) is 3.86. The fourth-order valence-corrected chi connectivity index (χ4v) is 6.49. The highest BCUT2D eigenvalue weighted by Gasteiger charge is 2.38. The molecule has 1 aliphatic heterocycles. The van der Waals surface area contributed by atoms with E-state index in [0.717, 1.165) is 31.9 Å². The minimum absolute atomic E-state index is 0.0165. The average molecular weight is 630 g/mol. The molecule has 3 amide bonds. The number of esters is 1. The predicted octanol–water partition coefficient (Wildman–Crippen LogP) is -0.113. The van der Waals surface area contributed by atoms with Crippen molar-refractivity contribution in [2.24, 2.45) is 16.9 Å². The van der Waals surface area contributed by atoms with Gasteiger partial charge in [-0.15, -0.1) is 0 Å². The molecule has 0 bridgehead atoms. The van der Waals surface area contributed by atoms with E-state index in [0.29, 0.717) is 31.3 Å². The van der Waals surface area contributed by atoms with E-state index in [1.165, 1.54) is 17.0 Å². The standard InChI is InChI=1S/C29H39N7O7S/c1-43-29(40)27(38)31-12-14-36(23-9-10-23)28(39)25(16-26(37)32-17-20-5-4-13-35(18-20)19-33-30)34-44(41,42)24-11-8-21-6-2-3-7-22(21)15-24/h2-3,6-8,11,15,19-20,23,25,34H,4-5,9-10,12-14,16-18,30H2,1H3,(H,31,38)(H,32,37)/t20-,25-/m0/s1. The van der Waals surface area contributed by atoms with Crippen LogP contribution in [-0.4, -0.2) is 100 Å². The number of nitrogens with zero attached hydrogens (tertiary/aromatic N) is 3. The number of hydrazone groups is 1. The van der Waals surface area contributed by atoms with E-state index < -0.39 is 46.2 Å². The molecule has 1 heterocycles. The van der Waals surface area contributed by atoms with Gasteiger partial charge in [0.15, 0.2) is 0 Å². The van der Waals surface area contributed by atoms with Crippen molar-refractivity contribution >= 4 is 50.8 Å². The van der Waals surface area contributed by atoms with Crippen molar-refractivity contribution in [2.75, 3.05) is 39.8 Å². The number of ether oxygens (including phenoxy) is 1. The second kappa shape index (κ2) is 15.0. The Morgan fingerprint density at radius 2 is 1.86 bits per heavy atom. The van der Waals surface area contributed by atoms with E-state index >= 15 is 0 Å². The van der Waals surface area contributed by atoms with Gasteiger partial charge in [0.25, 0.3) is 0 Å². The van der Waals surface area contributed by atoms with Crippen molar-refractivity contribution < 1.29 is 32.3 Å². The molecule has 0 aromatic heterocycles. The summed E-state index contributed by atoms with van der Waals surface area (Å²) >= 11 is 0. The van der Waals surface area contributed by atoms with E-state index in [2.05, 4.69) is 25.2 Å². The lowest BCUT2D eigenvalue weighted by Crippen LogP contribution is -2.53. The van der Waals surface area contributed by atoms with Crippen LogP contribution in [0, 0.1) is 5.92 Å². The Morgan fingerprint density at radius 3 is 2.57 bits per heavy atom. The Balaban J connectivity index is 1.49. The lowest BCUT2D eigenvalue weighted by molar-refractivity contribution is -0.152. The molecule has 14 nitrogen and oxygen atoms in total. The molecule has 2 aromatic carbocycles. The molecule has 0 spiro atoms. The molecule has 4 rings (SSSR count). The zero-order valence-electron chi connectivity index (χ0n) is 24.6. The van der Waals surface area contributed by atoms with Crippen molar-refractivity contribution in [3.05, 3.63) is 42.5 Å². The molecule has 238 valence electrons. The molecule has 2 fully saturated rings. The molecule has 0 radical (unpaired) electrons. The lowest BCUT2D eigenvalue weighted by atomic mass is 9.98. The van der Waals surface area contributed by atoms with Gasteiger partial charge in [-0.2, -0.15) is 9.82 Å². The molecule has 5 N–H and O–H groups in total. The van der Waals surface area contributed by atoms with Crippen molar-refractivity contribution in [3.63, 3.8) is 0 Å². The SMILES string of the molecule is COC(=O)C(=O)NCCN(C(=O)[C@H](CC(=O)NC[C@@H]1CCCN(C=NN)C1)NS(=O)(=O)c1ccc2ccccc2c1)C1CC1. The van der Waals surface area contributed by atoms with E-state index in [-0.39, 0.29) is 29.9 Å². The molecule has 0 unspecified atom stereocenters. The number of rotatable bonds is 13. The van der Waals surface area contributed by atoms with E-state index in [1.54, 1.807) is 24.5 Å². The summed E-state index contributed by atoms with van der Waals surface area (Å²) in [4.78, 5) is 53.6. The summed E-state index contributed by atoms with van der Waals surface area (Å²) in [6.45, 7) is 1.78. The fraction of sp³-hybridized carbons (Fsp3) is 0.483. The number of fused-ring (bicyclic) bond motifs is 1. The highest BCUT2D eigenvalue weighted by molar-refractivity contribution is 7.89. The first-order valence-electron chi connectivity index (χ1n) is 14.5. The number of hydrogen-bond acceptors (Lipinski definition) is 9. The normalized spacial score (nSPS) is 17.7. The molecule has 2 atom stereocenters. The van der Waals surface area contributed by atoms with Crippen LogP contribution in [0.25, 0.3) is 10.8 Å². The maximum atomic E-state index is 13.8. The van der Waals surface area contributed by atoms with Gasteiger partial charge < -0.3 is 31.0 Å². The Morgan fingerprint density at radius 1 is 1.11 bits per heavy atom. The van der Waals surface area contributed by atoms with Crippen molar-refractivity contribution in [1.29, 1.82) is 0 Å². The Labute approximate surface area is 256 Å². The first-order chi connectivity index (χ1) is 21.1. The number of nitrogens with two attached hydrogens (primary N) is 1. The third-order valence-electron chi connectivity index (χ3n) is 7.66. The van der Waals surface area contributed by atoms with Gasteiger partial charge in [0.2, 0.25) is 21.8 Å². The lowest BCUT2D eigenvalue weighted by Gasteiger charge is -2.31. The summed E-state index contributed by atoms with van der Waals surface area (Å²) in [6, 6.07) is 10.3. The van der Waals surface area contributed by atoms with E-state index in [4.69, 9.17) is 5.84 Å². The first-order valence-corrected chi connectivity index (χ1v) is 16.0. The van der Waals surface area contributed by atoms with Crippen LogP contribution in [0.5, 0.6) is 0 Å². The number of piperidine rings is 1.